The van der Waals surface area contributed by atoms with Crippen LogP contribution in [0.2, 0.25) is 0 Å². The van der Waals surface area contributed by atoms with E-state index in [9.17, 15) is 9.36 Å². The third kappa shape index (κ3) is 4.22. The van der Waals surface area contributed by atoms with Gasteiger partial charge in [-0.25, -0.2) is 0 Å². The van der Waals surface area contributed by atoms with Gasteiger partial charge in [0.25, 0.3) is 0 Å². The molecule has 0 aromatic rings. The fourth-order valence-electron chi connectivity index (χ4n) is 1.28. The first-order chi connectivity index (χ1) is 7.02. The van der Waals surface area contributed by atoms with Gasteiger partial charge in [-0.15, -0.1) is 9.42 Å². The summed E-state index contributed by atoms with van der Waals surface area (Å²) in [4.78, 5) is 20.1. The Labute approximate surface area is 89.6 Å². The summed E-state index contributed by atoms with van der Waals surface area (Å²) in [5, 5.41) is 10.9. The predicted molar refractivity (Wildman–Crippen MR) is 54.0 cm³/mol. The Kier molecular flexibility index (Phi) is 6.60. The summed E-state index contributed by atoms with van der Waals surface area (Å²) in [6.07, 6.45) is 0.941. The number of aliphatic hydroxyl groups excluding tert-OH is 1. The monoisotopic (exact) mass is 238 g/mol. The molecule has 0 aromatic carbocycles. The van der Waals surface area contributed by atoms with Gasteiger partial charge in [0.1, 0.15) is 13.3 Å². The van der Waals surface area contributed by atoms with E-state index >= 15 is 0 Å². The molecule has 1 unspecified atom stereocenters. The summed E-state index contributed by atoms with van der Waals surface area (Å²) in [6, 6.07) is 0. The molecule has 0 spiro atoms. The van der Waals surface area contributed by atoms with Crippen molar-refractivity contribution in [3.63, 3.8) is 0 Å². The summed E-state index contributed by atoms with van der Waals surface area (Å²) in [7, 11) is -2.70. The molecule has 0 saturated carbocycles. The molecule has 0 aliphatic carbocycles. The SMILES string of the molecule is CCC(CC)(CO[P+](=O)O)C(=O)NCO. The minimum absolute atomic E-state index is 0.127. The maximum absolute atomic E-state index is 11.6. The van der Waals surface area contributed by atoms with Gasteiger partial charge < -0.3 is 10.4 Å². The molecule has 88 valence electrons. The van der Waals surface area contributed by atoms with Crippen LogP contribution in [0, 0.1) is 5.41 Å². The van der Waals surface area contributed by atoms with E-state index in [1.807, 2.05) is 0 Å². The average molecular weight is 238 g/mol. The summed E-state index contributed by atoms with van der Waals surface area (Å²) in [5.74, 6) is -0.369. The summed E-state index contributed by atoms with van der Waals surface area (Å²) in [6.45, 7) is 2.99. The first kappa shape index (κ1) is 14.5. The minimum Gasteiger partial charge on any atom is -0.377 e. The van der Waals surface area contributed by atoms with Crippen molar-refractivity contribution in [3.8, 4) is 0 Å². The molecule has 0 aromatic heterocycles. The number of hydrogen-bond donors (Lipinski definition) is 3. The van der Waals surface area contributed by atoms with Crippen molar-refractivity contribution < 1.29 is 23.9 Å². The Balaban J connectivity index is 4.55. The van der Waals surface area contributed by atoms with Crippen LogP contribution in [-0.4, -0.2) is 29.2 Å². The standard InChI is InChI=1S/C8H16NO5P/c1-3-8(4-2,5-14-15(12)13)7(11)9-6-10/h10H,3-6H2,1-2H3,(H-,9,11,12,13)/p+1. The minimum atomic E-state index is -2.70. The Hall–Kier alpha value is -0.550. The lowest BCUT2D eigenvalue weighted by Crippen LogP contribution is -2.43. The number of nitrogens with one attached hydrogen (secondary N) is 1. The maximum Gasteiger partial charge on any atom is 0.694 e. The second-order valence-electron chi connectivity index (χ2n) is 3.16. The zero-order valence-corrected chi connectivity index (χ0v) is 9.79. The molecule has 0 radical (unpaired) electrons. The normalized spacial score (nSPS) is 12.4. The number of carbonyl (C=O) groups excluding carboxylic acids is 1. The molecule has 6 nitrogen and oxygen atoms in total. The number of aliphatic hydroxyl groups is 1. The van der Waals surface area contributed by atoms with Crippen LogP contribution < -0.4 is 5.32 Å². The fourth-order valence-corrected chi connectivity index (χ4v) is 1.64. The van der Waals surface area contributed by atoms with Gasteiger partial charge in [0.15, 0.2) is 0 Å². The molecule has 0 heterocycles. The third-order valence-electron chi connectivity index (χ3n) is 2.53. The van der Waals surface area contributed by atoms with Crippen LogP contribution in [0.3, 0.4) is 0 Å². The molecular formula is C8H17NO5P+. The molecule has 0 bridgehead atoms. The topological polar surface area (TPSA) is 95.9 Å². The van der Waals surface area contributed by atoms with E-state index in [4.69, 9.17) is 10.00 Å². The van der Waals surface area contributed by atoms with Gasteiger partial charge in [0.05, 0.1) is 5.41 Å². The molecule has 0 saturated heterocycles. The van der Waals surface area contributed by atoms with Gasteiger partial charge >= 0.3 is 8.25 Å². The second-order valence-corrected chi connectivity index (χ2v) is 3.90. The van der Waals surface area contributed by atoms with Crippen molar-refractivity contribution in [3.05, 3.63) is 0 Å². The first-order valence-corrected chi connectivity index (χ1v) is 5.83. The smallest absolute Gasteiger partial charge is 0.377 e. The Morgan fingerprint density at radius 2 is 2.00 bits per heavy atom. The van der Waals surface area contributed by atoms with E-state index in [1.165, 1.54) is 0 Å². The van der Waals surface area contributed by atoms with Crippen molar-refractivity contribution in [1.29, 1.82) is 0 Å². The lowest BCUT2D eigenvalue weighted by molar-refractivity contribution is -0.134. The molecule has 15 heavy (non-hydrogen) atoms. The van der Waals surface area contributed by atoms with Crippen molar-refractivity contribution in [1.82, 2.24) is 5.32 Å². The highest BCUT2D eigenvalue weighted by atomic mass is 31.1. The number of carbonyl (C=O) groups is 1. The predicted octanol–water partition coefficient (Wildman–Crippen LogP) is 0.525. The van der Waals surface area contributed by atoms with E-state index in [0.29, 0.717) is 12.8 Å². The fraction of sp³-hybridized carbons (Fsp3) is 0.875. The quantitative estimate of drug-likeness (QED) is 0.444. The van der Waals surface area contributed by atoms with Crippen LogP contribution in [0.25, 0.3) is 0 Å². The van der Waals surface area contributed by atoms with Crippen LogP contribution in [0.15, 0.2) is 0 Å². The van der Waals surface area contributed by atoms with Crippen LogP contribution in [0.1, 0.15) is 26.7 Å². The summed E-state index contributed by atoms with van der Waals surface area (Å²) in [5.41, 5.74) is -0.851. The van der Waals surface area contributed by atoms with E-state index < -0.39 is 20.4 Å². The van der Waals surface area contributed by atoms with Crippen molar-refractivity contribution in [2.45, 2.75) is 26.7 Å². The van der Waals surface area contributed by atoms with Gasteiger partial charge in [-0.2, -0.15) is 0 Å². The first-order valence-electron chi connectivity index (χ1n) is 4.70. The van der Waals surface area contributed by atoms with Gasteiger partial charge in [-0.3, -0.25) is 4.79 Å². The molecule has 3 N–H and O–H groups in total. The largest absolute Gasteiger partial charge is 0.694 e. The molecule has 7 heteroatoms. The third-order valence-corrected chi connectivity index (χ3v) is 2.88. The van der Waals surface area contributed by atoms with Crippen LogP contribution in [0.4, 0.5) is 0 Å². The highest BCUT2D eigenvalue weighted by Gasteiger charge is 2.38. The van der Waals surface area contributed by atoms with Crippen LogP contribution >= 0.6 is 8.25 Å². The Morgan fingerprint density at radius 1 is 1.47 bits per heavy atom. The second kappa shape index (κ2) is 6.85. The van der Waals surface area contributed by atoms with Gasteiger partial charge in [0.2, 0.25) is 5.91 Å². The van der Waals surface area contributed by atoms with E-state index in [2.05, 4.69) is 9.84 Å². The summed E-state index contributed by atoms with van der Waals surface area (Å²) >= 11 is 0. The molecule has 0 aliphatic rings. The molecule has 0 rings (SSSR count). The number of hydrogen-bond acceptors (Lipinski definition) is 4. The van der Waals surface area contributed by atoms with E-state index in [1.54, 1.807) is 13.8 Å². The van der Waals surface area contributed by atoms with Gasteiger partial charge in [-0.05, 0) is 12.8 Å². The lowest BCUT2D eigenvalue weighted by Gasteiger charge is -2.26. The van der Waals surface area contributed by atoms with Crippen molar-refractivity contribution in [2.24, 2.45) is 5.41 Å². The molecule has 1 amide bonds. The average Bonchev–Trinajstić information content (AvgIpc) is 2.20. The van der Waals surface area contributed by atoms with E-state index in [0.717, 1.165) is 0 Å². The maximum atomic E-state index is 11.6. The Bertz CT molecular complexity index is 229. The zero-order chi connectivity index (χ0) is 11.9. The molecule has 0 aliphatic heterocycles. The van der Waals surface area contributed by atoms with Crippen molar-refractivity contribution in [2.75, 3.05) is 13.3 Å². The molecule has 1 atom stereocenters. The number of amides is 1. The summed E-state index contributed by atoms with van der Waals surface area (Å²) < 4.78 is 15.0. The number of rotatable bonds is 7. The lowest BCUT2D eigenvalue weighted by atomic mass is 9.82. The van der Waals surface area contributed by atoms with Gasteiger partial charge in [0, 0.05) is 4.57 Å². The van der Waals surface area contributed by atoms with Crippen LogP contribution in [-0.2, 0) is 13.9 Å². The molecule has 0 fully saturated rings. The van der Waals surface area contributed by atoms with Gasteiger partial charge in [-0.1, -0.05) is 13.8 Å². The highest BCUT2D eigenvalue weighted by molar-refractivity contribution is 7.32. The van der Waals surface area contributed by atoms with E-state index in [-0.39, 0.29) is 12.5 Å². The highest BCUT2D eigenvalue weighted by Crippen LogP contribution is 2.30. The van der Waals surface area contributed by atoms with Crippen molar-refractivity contribution >= 4 is 14.2 Å². The zero-order valence-electron chi connectivity index (χ0n) is 8.89. The Morgan fingerprint density at radius 3 is 2.33 bits per heavy atom. The molecular weight excluding hydrogens is 221 g/mol. The van der Waals surface area contributed by atoms with Crippen LogP contribution in [0.5, 0.6) is 0 Å².